The fourth-order valence-electron chi connectivity index (χ4n) is 13.3. The standard InChI is InChI=1S/C85H166O17P2/c1-6-10-13-16-19-22-25-27-29-31-32-33-35-41-46-51-56-61-66-71-85(90)102-81(75-96-83(88)69-64-59-54-49-44-39-37-36-38-43-47-52-57-62-67-78(5)9-4)77-100-104(93,94)98-73-79(86)72-97-103(91,92)99-76-80(74-95-82(87)68-63-58-53-48-42-24-21-18-15-12-8-3)101-84(89)70-65-60-55-50-45-40-34-30-28-26-23-20-17-14-11-7-2/h78-81,86H,6-77H2,1-5H3,(H,91,92)(H,93,94)/t78?,79-,80+,81+/m0/s1. The smallest absolute Gasteiger partial charge is 0.462 e. The molecule has 0 saturated heterocycles. The highest BCUT2D eigenvalue weighted by Crippen LogP contribution is 2.45. The van der Waals surface area contributed by atoms with Crippen LogP contribution in [0.1, 0.15) is 458 Å². The molecule has 0 aliphatic carbocycles. The van der Waals surface area contributed by atoms with Crippen LogP contribution in [0.4, 0.5) is 0 Å². The van der Waals surface area contributed by atoms with E-state index in [9.17, 15) is 43.2 Å². The molecule has 3 unspecified atom stereocenters. The summed E-state index contributed by atoms with van der Waals surface area (Å²) in [4.78, 5) is 73.2. The minimum absolute atomic E-state index is 0.109. The normalized spacial score (nSPS) is 14.0. The third kappa shape index (κ3) is 76.8. The van der Waals surface area contributed by atoms with Crippen molar-refractivity contribution in [2.75, 3.05) is 39.6 Å². The quantitative estimate of drug-likeness (QED) is 0.0222. The van der Waals surface area contributed by atoms with Crippen molar-refractivity contribution < 1.29 is 80.2 Å². The Bertz CT molecular complexity index is 1980. The van der Waals surface area contributed by atoms with Crippen molar-refractivity contribution >= 4 is 39.5 Å². The van der Waals surface area contributed by atoms with E-state index in [1.165, 1.54) is 283 Å². The van der Waals surface area contributed by atoms with Crippen molar-refractivity contribution in [3.05, 3.63) is 0 Å². The lowest BCUT2D eigenvalue weighted by molar-refractivity contribution is -0.161. The summed E-state index contributed by atoms with van der Waals surface area (Å²) in [5.74, 6) is -1.25. The Morgan fingerprint density at radius 2 is 0.462 bits per heavy atom. The van der Waals surface area contributed by atoms with Gasteiger partial charge in [-0.05, 0) is 31.6 Å². The number of hydrogen-bond donors (Lipinski definition) is 3. The van der Waals surface area contributed by atoms with Crippen LogP contribution in [-0.2, 0) is 65.4 Å². The van der Waals surface area contributed by atoms with Crippen molar-refractivity contribution in [2.24, 2.45) is 5.92 Å². The van der Waals surface area contributed by atoms with Crippen LogP contribution in [0, 0.1) is 5.92 Å². The zero-order valence-corrected chi connectivity index (χ0v) is 70.0. The number of ether oxygens (including phenoxy) is 4. The monoisotopic (exact) mass is 1520 g/mol. The summed E-state index contributed by atoms with van der Waals surface area (Å²) in [5, 5.41) is 10.7. The van der Waals surface area contributed by atoms with Crippen LogP contribution in [0.3, 0.4) is 0 Å². The summed E-state index contributed by atoms with van der Waals surface area (Å²) in [7, 11) is -9.93. The van der Waals surface area contributed by atoms with Crippen molar-refractivity contribution in [3.8, 4) is 0 Å². The topological polar surface area (TPSA) is 237 Å². The molecular formula is C85H166O17P2. The number of carbonyl (C=O) groups is 4. The molecular weight excluding hydrogens is 1350 g/mol. The molecule has 0 heterocycles. The van der Waals surface area contributed by atoms with Gasteiger partial charge in [-0.2, -0.15) is 0 Å². The summed E-state index contributed by atoms with van der Waals surface area (Å²) in [6.07, 6.45) is 70.6. The average molecular weight is 1520 g/mol. The third-order valence-electron chi connectivity index (χ3n) is 20.4. The largest absolute Gasteiger partial charge is 0.472 e. The molecule has 618 valence electrons. The Labute approximate surface area is 638 Å². The van der Waals surface area contributed by atoms with Crippen LogP contribution >= 0.6 is 15.6 Å². The number of phosphoric acid groups is 2. The van der Waals surface area contributed by atoms with Gasteiger partial charge in [0.05, 0.1) is 26.4 Å². The molecule has 3 N–H and O–H groups in total. The summed E-state index contributed by atoms with van der Waals surface area (Å²) in [6, 6.07) is 0. The molecule has 0 radical (unpaired) electrons. The number of rotatable bonds is 85. The maximum absolute atomic E-state index is 13.1. The summed E-state index contributed by atoms with van der Waals surface area (Å²) in [6.45, 7) is 7.42. The van der Waals surface area contributed by atoms with Crippen molar-refractivity contribution in [3.63, 3.8) is 0 Å². The van der Waals surface area contributed by atoms with Gasteiger partial charge >= 0.3 is 39.5 Å². The van der Waals surface area contributed by atoms with Gasteiger partial charge in [0.15, 0.2) is 12.2 Å². The second kappa shape index (κ2) is 77.8. The van der Waals surface area contributed by atoms with Gasteiger partial charge in [-0.15, -0.1) is 0 Å². The molecule has 0 rings (SSSR count). The summed E-state index contributed by atoms with van der Waals surface area (Å²) >= 11 is 0. The molecule has 104 heavy (non-hydrogen) atoms. The third-order valence-corrected chi connectivity index (χ3v) is 22.3. The van der Waals surface area contributed by atoms with E-state index in [1.54, 1.807) is 0 Å². The molecule has 0 amide bonds. The number of unbranched alkanes of at least 4 members (excludes halogenated alkanes) is 56. The zero-order valence-electron chi connectivity index (χ0n) is 68.2. The molecule has 0 aliphatic rings. The van der Waals surface area contributed by atoms with Crippen LogP contribution in [-0.4, -0.2) is 96.7 Å². The Hall–Kier alpha value is -1.94. The highest BCUT2D eigenvalue weighted by Gasteiger charge is 2.30. The maximum atomic E-state index is 13.1. The van der Waals surface area contributed by atoms with E-state index in [2.05, 4.69) is 34.6 Å². The lowest BCUT2D eigenvalue weighted by Gasteiger charge is -2.21. The highest BCUT2D eigenvalue weighted by molar-refractivity contribution is 7.47. The molecule has 0 aliphatic heterocycles. The van der Waals surface area contributed by atoms with Gasteiger partial charge in [0, 0.05) is 25.7 Å². The first-order chi connectivity index (χ1) is 50.6. The Balaban J connectivity index is 5.25. The lowest BCUT2D eigenvalue weighted by Crippen LogP contribution is -2.30. The highest BCUT2D eigenvalue weighted by atomic mass is 31.2. The van der Waals surface area contributed by atoms with Gasteiger partial charge in [0.1, 0.15) is 19.3 Å². The van der Waals surface area contributed by atoms with E-state index in [1.807, 2.05) is 0 Å². The number of carbonyl (C=O) groups excluding carboxylic acids is 4. The average Bonchev–Trinajstić information content (AvgIpc) is 0.915. The van der Waals surface area contributed by atoms with E-state index in [0.717, 1.165) is 95.8 Å². The van der Waals surface area contributed by atoms with Gasteiger partial charge in [-0.25, -0.2) is 9.13 Å². The SMILES string of the molecule is CCCCCCCCCCCCCCCCCCCCCC(=O)O[C@H](COC(=O)CCCCCCCCCCCCCCCCC(C)CC)COP(=O)(O)OC[C@@H](O)COP(=O)(O)OC[C@@H](COC(=O)CCCCCCCCCCCCC)OC(=O)CCCCCCCCCCCCCCCCCC. The Morgan fingerprint density at radius 3 is 0.683 bits per heavy atom. The maximum Gasteiger partial charge on any atom is 0.472 e. The predicted molar refractivity (Wildman–Crippen MR) is 428 cm³/mol. The second-order valence-corrected chi connectivity index (χ2v) is 33.7. The van der Waals surface area contributed by atoms with Gasteiger partial charge in [0.2, 0.25) is 0 Å². The number of aliphatic hydroxyl groups is 1. The Kier molecular flexibility index (Phi) is 76.3. The molecule has 0 aromatic heterocycles. The van der Waals surface area contributed by atoms with Crippen molar-refractivity contribution in [1.29, 1.82) is 0 Å². The van der Waals surface area contributed by atoms with Crippen molar-refractivity contribution in [2.45, 2.75) is 477 Å². The second-order valence-electron chi connectivity index (χ2n) is 30.8. The molecule has 0 bridgehead atoms. The van der Waals surface area contributed by atoms with Crippen LogP contribution in [0.2, 0.25) is 0 Å². The lowest BCUT2D eigenvalue weighted by atomic mass is 9.99. The molecule has 0 spiro atoms. The van der Waals surface area contributed by atoms with Crippen LogP contribution in [0.15, 0.2) is 0 Å². The fraction of sp³-hybridized carbons (Fsp3) is 0.953. The fourth-order valence-corrected chi connectivity index (χ4v) is 14.8. The zero-order chi connectivity index (χ0) is 76.2. The van der Waals surface area contributed by atoms with Gasteiger partial charge in [-0.1, -0.05) is 407 Å². The van der Waals surface area contributed by atoms with Crippen LogP contribution in [0.25, 0.3) is 0 Å². The minimum Gasteiger partial charge on any atom is -0.462 e. The molecule has 0 fully saturated rings. The molecule has 0 aromatic rings. The van der Waals surface area contributed by atoms with E-state index in [-0.39, 0.29) is 25.7 Å². The first-order valence-electron chi connectivity index (χ1n) is 44.2. The number of esters is 4. The van der Waals surface area contributed by atoms with Crippen LogP contribution < -0.4 is 0 Å². The predicted octanol–water partition coefficient (Wildman–Crippen LogP) is 26.0. The molecule has 0 saturated carbocycles. The van der Waals surface area contributed by atoms with E-state index in [4.69, 9.17) is 37.0 Å². The molecule has 6 atom stereocenters. The van der Waals surface area contributed by atoms with E-state index >= 15 is 0 Å². The van der Waals surface area contributed by atoms with Gasteiger partial charge in [-0.3, -0.25) is 37.3 Å². The van der Waals surface area contributed by atoms with Gasteiger partial charge in [0.25, 0.3) is 0 Å². The number of aliphatic hydroxyl groups excluding tert-OH is 1. The van der Waals surface area contributed by atoms with E-state index < -0.39 is 97.5 Å². The van der Waals surface area contributed by atoms with Gasteiger partial charge < -0.3 is 33.8 Å². The minimum atomic E-state index is -4.96. The molecule has 17 nitrogen and oxygen atoms in total. The van der Waals surface area contributed by atoms with Crippen LogP contribution in [0.5, 0.6) is 0 Å². The molecule has 19 heteroatoms. The Morgan fingerprint density at radius 1 is 0.269 bits per heavy atom. The first kappa shape index (κ1) is 102. The summed E-state index contributed by atoms with van der Waals surface area (Å²) < 4.78 is 68.9. The summed E-state index contributed by atoms with van der Waals surface area (Å²) in [5.41, 5.74) is 0. The van der Waals surface area contributed by atoms with E-state index in [0.29, 0.717) is 25.7 Å². The van der Waals surface area contributed by atoms with Crippen molar-refractivity contribution in [1.82, 2.24) is 0 Å². The molecule has 0 aromatic carbocycles. The number of hydrogen-bond acceptors (Lipinski definition) is 15. The first-order valence-corrected chi connectivity index (χ1v) is 47.2. The number of phosphoric ester groups is 2.